The maximum Gasteiger partial charge on any atom is 0.261 e. The SMILES string of the molecule is CCCCCC(=O)N(Oc1ccccc1)c1ccncn1. The summed E-state index contributed by atoms with van der Waals surface area (Å²) >= 11 is 0. The van der Waals surface area contributed by atoms with E-state index in [9.17, 15) is 4.79 Å². The second-order valence-electron chi connectivity index (χ2n) is 4.62. The highest BCUT2D eigenvalue weighted by Gasteiger charge is 2.19. The zero-order chi connectivity index (χ0) is 14.9. The first-order valence-corrected chi connectivity index (χ1v) is 7.13. The van der Waals surface area contributed by atoms with Crippen LogP contribution in [-0.4, -0.2) is 15.9 Å². The topological polar surface area (TPSA) is 55.3 Å². The van der Waals surface area contributed by atoms with Gasteiger partial charge in [0.05, 0.1) is 0 Å². The molecule has 0 saturated carbocycles. The van der Waals surface area contributed by atoms with E-state index < -0.39 is 0 Å². The second-order valence-corrected chi connectivity index (χ2v) is 4.62. The van der Waals surface area contributed by atoms with Crippen molar-refractivity contribution >= 4 is 11.7 Å². The van der Waals surface area contributed by atoms with Crippen LogP contribution in [0.15, 0.2) is 48.9 Å². The number of nitrogens with zero attached hydrogens (tertiary/aromatic N) is 3. The third-order valence-electron chi connectivity index (χ3n) is 2.94. The van der Waals surface area contributed by atoms with Crippen molar-refractivity contribution in [1.29, 1.82) is 0 Å². The van der Waals surface area contributed by atoms with Gasteiger partial charge in [-0.25, -0.2) is 9.97 Å². The summed E-state index contributed by atoms with van der Waals surface area (Å²) in [5, 5.41) is 1.24. The molecule has 0 radical (unpaired) electrons. The number of hydrogen-bond acceptors (Lipinski definition) is 4. The molecule has 5 heteroatoms. The number of hydroxylamine groups is 1. The number of rotatable bonds is 7. The molecular formula is C16H19N3O2. The molecule has 0 bridgehead atoms. The minimum Gasteiger partial charge on any atom is -0.370 e. The minimum absolute atomic E-state index is 0.106. The fraction of sp³-hybridized carbons (Fsp3) is 0.312. The van der Waals surface area contributed by atoms with Crippen molar-refractivity contribution in [3.8, 4) is 5.75 Å². The van der Waals surface area contributed by atoms with Crippen molar-refractivity contribution in [3.05, 3.63) is 48.9 Å². The molecule has 2 rings (SSSR count). The molecule has 2 aromatic rings. The van der Waals surface area contributed by atoms with Crippen molar-refractivity contribution in [3.63, 3.8) is 0 Å². The molecule has 0 N–H and O–H groups in total. The van der Waals surface area contributed by atoms with Gasteiger partial charge in [0.15, 0.2) is 11.6 Å². The predicted molar refractivity (Wildman–Crippen MR) is 80.7 cm³/mol. The van der Waals surface area contributed by atoms with Crippen molar-refractivity contribution in [2.45, 2.75) is 32.6 Å². The molecule has 1 aromatic carbocycles. The normalized spacial score (nSPS) is 10.1. The monoisotopic (exact) mass is 285 g/mol. The average molecular weight is 285 g/mol. The van der Waals surface area contributed by atoms with Crippen LogP contribution < -0.4 is 9.90 Å². The fourth-order valence-electron chi connectivity index (χ4n) is 1.84. The molecule has 0 aliphatic carbocycles. The van der Waals surface area contributed by atoms with Gasteiger partial charge in [0.2, 0.25) is 0 Å². The molecule has 0 atom stereocenters. The van der Waals surface area contributed by atoms with Crippen LogP contribution in [0, 0.1) is 0 Å². The van der Waals surface area contributed by atoms with E-state index in [1.54, 1.807) is 24.4 Å². The highest BCUT2D eigenvalue weighted by Crippen LogP contribution is 2.17. The van der Waals surface area contributed by atoms with Gasteiger partial charge in [-0.15, -0.1) is 5.06 Å². The van der Waals surface area contributed by atoms with Crippen molar-refractivity contribution in [1.82, 2.24) is 9.97 Å². The Bertz CT molecular complexity index is 546. The molecule has 1 aromatic heterocycles. The van der Waals surface area contributed by atoms with Crippen LogP contribution in [0.1, 0.15) is 32.6 Å². The van der Waals surface area contributed by atoms with Crippen LogP contribution in [-0.2, 0) is 4.79 Å². The number of aromatic nitrogens is 2. The van der Waals surface area contributed by atoms with Crippen LogP contribution in [0.3, 0.4) is 0 Å². The van der Waals surface area contributed by atoms with E-state index >= 15 is 0 Å². The Hall–Kier alpha value is -2.43. The molecule has 0 fully saturated rings. The first-order chi connectivity index (χ1) is 10.3. The van der Waals surface area contributed by atoms with Gasteiger partial charge in [-0.3, -0.25) is 4.79 Å². The minimum atomic E-state index is -0.106. The van der Waals surface area contributed by atoms with Crippen molar-refractivity contribution in [2.75, 3.05) is 5.06 Å². The molecule has 1 heterocycles. The zero-order valence-electron chi connectivity index (χ0n) is 12.1. The summed E-state index contributed by atoms with van der Waals surface area (Å²) in [5.74, 6) is 0.932. The molecule has 0 aliphatic rings. The smallest absolute Gasteiger partial charge is 0.261 e. The summed E-state index contributed by atoms with van der Waals surface area (Å²) in [6.45, 7) is 2.10. The van der Waals surface area contributed by atoms with Gasteiger partial charge in [-0.05, 0) is 18.6 Å². The molecule has 0 spiro atoms. The van der Waals surface area contributed by atoms with Gasteiger partial charge in [-0.1, -0.05) is 38.0 Å². The van der Waals surface area contributed by atoms with E-state index in [4.69, 9.17) is 4.84 Å². The molecule has 0 aliphatic heterocycles. The molecule has 5 nitrogen and oxygen atoms in total. The average Bonchev–Trinajstić information content (AvgIpc) is 2.54. The van der Waals surface area contributed by atoms with Crippen LogP contribution in [0.2, 0.25) is 0 Å². The number of anilines is 1. The number of hydrogen-bond donors (Lipinski definition) is 0. The summed E-state index contributed by atoms with van der Waals surface area (Å²) in [6.07, 6.45) is 6.35. The molecular weight excluding hydrogens is 266 g/mol. The zero-order valence-corrected chi connectivity index (χ0v) is 12.1. The number of carbonyl (C=O) groups excluding carboxylic acids is 1. The summed E-state index contributed by atoms with van der Waals surface area (Å²) in [6, 6.07) is 10.9. The maximum absolute atomic E-state index is 12.4. The van der Waals surface area contributed by atoms with Gasteiger partial charge in [0, 0.05) is 18.7 Å². The lowest BCUT2D eigenvalue weighted by atomic mass is 10.2. The standard InChI is InChI=1S/C16H19N3O2/c1-2-3-5-10-16(20)19(15-11-12-17-13-18-15)21-14-8-6-4-7-9-14/h4,6-9,11-13H,2-3,5,10H2,1H3. The largest absolute Gasteiger partial charge is 0.370 e. The van der Waals surface area contributed by atoms with E-state index in [1.807, 2.05) is 18.2 Å². The molecule has 1 amide bonds. The second kappa shape index (κ2) is 7.99. The van der Waals surface area contributed by atoms with Gasteiger partial charge in [0.1, 0.15) is 6.33 Å². The maximum atomic E-state index is 12.4. The van der Waals surface area contributed by atoms with E-state index in [0.29, 0.717) is 18.0 Å². The van der Waals surface area contributed by atoms with Gasteiger partial charge < -0.3 is 4.84 Å². The van der Waals surface area contributed by atoms with E-state index in [-0.39, 0.29) is 5.91 Å². The van der Waals surface area contributed by atoms with Crippen LogP contribution in [0.25, 0.3) is 0 Å². The van der Waals surface area contributed by atoms with Crippen molar-refractivity contribution < 1.29 is 9.63 Å². The lowest BCUT2D eigenvalue weighted by Crippen LogP contribution is -2.34. The van der Waals surface area contributed by atoms with Crippen LogP contribution in [0.5, 0.6) is 5.75 Å². The summed E-state index contributed by atoms with van der Waals surface area (Å²) in [7, 11) is 0. The first kappa shape index (κ1) is 15.0. The third kappa shape index (κ3) is 4.56. The van der Waals surface area contributed by atoms with Gasteiger partial charge in [0.25, 0.3) is 5.91 Å². The Morgan fingerprint density at radius 1 is 1.19 bits per heavy atom. The Balaban J connectivity index is 2.12. The first-order valence-electron chi connectivity index (χ1n) is 7.13. The number of benzene rings is 1. The van der Waals surface area contributed by atoms with Crippen LogP contribution in [0.4, 0.5) is 5.82 Å². The third-order valence-corrected chi connectivity index (χ3v) is 2.94. The van der Waals surface area contributed by atoms with Crippen LogP contribution >= 0.6 is 0 Å². The highest BCUT2D eigenvalue weighted by molar-refractivity contribution is 5.90. The quantitative estimate of drug-likeness (QED) is 0.578. The molecule has 21 heavy (non-hydrogen) atoms. The Kier molecular flexibility index (Phi) is 5.70. The highest BCUT2D eigenvalue weighted by atomic mass is 16.7. The predicted octanol–water partition coefficient (Wildman–Crippen LogP) is 3.38. The molecule has 0 unspecified atom stereocenters. The number of para-hydroxylation sites is 1. The lowest BCUT2D eigenvalue weighted by Gasteiger charge is -2.21. The van der Waals surface area contributed by atoms with E-state index in [0.717, 1.165) is 19.3 Å². The Morgan fingerprint density at radius 2 is 2.00 bits per heavy atom. The summed E-state index contributed by atoms with van der Waals surface area (Å²) in [4.78, 5) is 26.0. The van der Waals surface area contributed by atoms with E-state index in [1.165, 1.54) is 11.4 Å². The van der Waals surface area contributed by atoms with E-state index in [2.05, 4.69) is 16.9 Å². The van der Waals surface area contributed by atoms with Gasteiger partial charge >= 0.3 is 0 Å². The Morgan fingerprint density at radius 3 is 2.67 bits per heavy atom. The summed E-state index contributed by atoms with van der Waals surface area (Å²) in [5.41, 5.74) is 0. The number of unbranched alkanes of at least 4 members (excludes halogenated alkanes) is 2. The van der Waals surface area contributed by atoms with Gasteiger partial charge in [-0.2, -0.15) is 0 Å². The fourth-order valence-corrected chi connectivity index (χ4v) is 1.84. The lowest BCUT2D eigenvalue weighted by molar-refractivity contribution is -0.122. The Labute approximate surface area is 124 Å². The number of amides is 1. The van der Waals surface area contributed by atoms with Crippen molar-refractivity contribution in [2.24, 2.45) is 0 Å². The molecule has 0 saturated heterocycles. The summed E-state index contributed by atoms with van der Waals surface area (Å²) < 4.78 is 0. The number of carbonyl (C=O) groups is 1. The molecule has 110 valence electrons.